The molecular weight excluding hydrogens is 536 g/mol. The Morgan fingerprint density at radius 1 is 0.950 bits per heavy atom. The molecule has 40 heavy (non-hydrogen) atoms. The fraction of sp³-hybridized carbons (Fsp3) is 0.448. The van der Waals surface area contributed by atoms with Crippen LogP contribution in [-0.4, -0.2) is 71.6 Å². The number of rotatable bonds is 11. The van der Waals surface area contributed by atoms with E-state index < -0.39 is 47.9 Å². The summed E-state index contributed by atoms with van der Waals surface area (Å²) >= 11 is 1.47. The van der Waals surface area contributed by atoms with Gasteiger partial charge in [0.15, 0.2) is 6.04 Å². The largest absolute Gasteiger partial charge is 0.480 e. The normalized spacial score (nSPS) is 14.6. The summed E-state index contributed by atoms with van der Waals surface area (Å²) in [5, 5.41) is 14.4. The first kappa shape index (κ1) is 30.8. The van der Waals surface area contributed by atoms with Gasteiger partial charge in [-0.3, -0.25) is 0 Å². The Balaban J connectivity index is 1.63. The van der Waals surface area contributed by atoms with Crippen LogP contribution in [0.4, 0.5) is 9.59 Å². The van der Waals surface area contributed by atoms with E-state index in [0.717, 1.165) is 22.3 Å². The second-order valence-corrected chi connectivity index (χ2v) is 11.4. The molecule has 1 aliphatic carbocycles. The van der Waals surface area contributed by atoms with E-state index in [4.69, 9.17) is 14.2 Å². The number of benzene rings is 2. The van der Waals surface area contributed by atoms with Crippen molar-refractivity contribution in [3.8, 4) is 11.1 Å². The fourth-order valence-corrected chi connectivity index (χ4v) is 4.89. The molecule has 0 radical (unpaired) electrons. The van der Waals surface area contributed by atoms with Crippen LogP contribution in [-0.2, 0) is 23.8 Å². The number of carboxylic acids is 1. The van der Waals surface area contributed by atoms with Gasteiger partial charge in [-0.1, -0.05) is 48.5 Å². The van der Waals surface area contributed by atoms with Crippen LogP contribution in [0.3, 0.4) is 0 Å². The highest BCUT2D eigenvalue weighted by atomic mass is 32.2. The molecule has 2 aromatic carbocycles. The lowest BCUT2D eigenvalue weighted by Gasteiger charge is -2.26. The Bertz CT molecular complexity index is 1180. The molecule has 3 rings (SSSR count). The molecule has 0 bridgehead atoms. The zero-order valence-electron chi connectivity index (χ0n) is 23.3. The van der Waals surface area contributed by atoms with Crippen molar-refractivity contribution in [1.29, 1.82) is 0 Å². The smallest absolute Gasteiger partial charge is 0.408 e. The summed E-state index contributed by atoms with van der Waals surface area (Å²) in [6, 6.07) is 13.2. The number of esters is 1. The Hall–Kier alpha value is -3.73. The number of ether oxygens (including phenoxy) is 3. The van der Waals surface area contributed by atoms with Crippen molar-refractivity contribution in [2.24, 2.45) is 0 Å². The highest BCUT2D eigenvalue weighted by Crippen LogP contribution is 2.44. The topological polar surface area (TPSA) is 140 Å². The Kier molecular flexibility index (Phi) is 10.4. The van der Waals surface area contributed by atoms with E-state index in [2.05, 4.69) is 10.6 Å². The van der Waals surface area contributed by atoms with Crippen molar-refractivity contribution >= 4 is 35.9 Å². The molecule has 0 spiro atoms. The predicted molar refractivity (Wildman–Crippen MR) is 151 cm³/mol. The summed E-state index contributed by atoms with van der Waals surface area (Å²) in [6.07, 6.45) is -0.922. The van der Waals surface area contributed by atoms with E-state index in [9.17, 15) is 24.3 Å². The number of thioether (sulfide) groups is 1. The highest BCUT2D eigenvalue weighted by molar-refractivity contribution is 7.98. The van der Waals surface area contributed by atoms with Crippen LogP contribution in [0.2, 0.25) is 0 Å². The summed E-state index contributed by atoms with van der Waals surface area (Å²) in [5.41, 5.74) is 3.45. The number of nitrogens with one attached hydrogen (secondary N) is 2. The van der Waals surface area contributed by atoms with Gasteiger partial charge in [-0.2, -0.15) is 11.8 Å². The molecule has 0 aromatic heterocycles. The third-order valence-corrected chi connectivity index (χ3v) is 6.88. The van der Waals surface area contributed by atoms with Crippen LogP contribution in [0.5, 0.6) is 0 Å². The molecule has 3 unspecified atom stereocenters. The average Bonchev–Trinajstić information content (AvgIpc) is 3.20. The summed E-state index contributed by atoms with van der Waals surface area (Å²) in [5.74, 6) is -1.87. The molecular formula is C29H36N2O8S. The molecule has 1 aliphatic rings. The maximum atomic E-state index is 13.0. The molecule has 0 heterocycles. The Morgan fingerprint density at radius 2 is 1.52 bits per heavy atom. The van der Waals surface area contributed by atoms with Crippen LogP contribution in [0, 0.1) is 0 Å². The van der Waals surface area contributed by atoms with Gasteiger partial charge in [0, 0.05) is 5.92 Å². The Morgan fingerprint density at radius 3 is 2.05 bits per heavy atom. The second kappa shape index (κ2) is 13.6. The molecule has 11 heteroatoms. The molecule has 0 saturated heterocycles. The van der Waals surface area contributed by atoms with Crippen LogP contribution in [0.25, 0.3) is 11.1 Å². The van der Waals surface area contributed by atoms with E-state index in [1.807, 2.05) is 54.8 Å². The van der Waals surface area contributed by atoms with Crippen molar-refractivity contribution in [1.82, 2.24) is 10.6 Å². The minimum Gasteiger partial charge on any atom is -0.480 e. The molecule has 10 nitrogen and oxygen atoms in total. The summed E-state index contributed by atoms with van der Waals surface area (Å²) in [4.78, 5) is 49.7. The van der Waals surface area contributed by atoms with Gasteiger partial charge in [0.2, 0.25) is 0 Å². The van der Waals surface area contributed by atoms with E-state index in [1.54, 1.807) is 20.8 Å². The van der Waals surface area contributed by atoms with Crippen molar-refractivity contribution in [2.75, 3.05) is 18.6 Å². The Labute approximate surface area is 238 Å². The van der Waals surface area contributed by atoms with Gasteiger partial charge >= 0.3 is 24.1 Å². The molecule has 0 aliphatic heterocycles. The third-order valence-electron chi connectivity index (χ3n) is 6.24. The monoisotopic (exact) mass is 572 g/mol. The van der Waals surface area contributed by atoms with E-state index in [0.29, 0.717) is 5.75 Å². The number of amides is 2. The van der Waals surface area contributed by atoms with Crippen LogP contribution in [0.1, 0.15) is 51.2 Å². The van der Waals surface area contributed by atoms with Gasteiger partial charge in [0.05, 0.1) is 0 Å². The number of alkyl carbamates (subject to hydrolysis) is 2. The van der Waals surface area contributed by atoms with Crippen LogP contribution < -0.4 is 10.6 Å². The number of aliphatic carboxylic acids is 1. The van der Waals surface area contributed by atoms with Crippen molar-refractivity contribution in [3.63, 3.8) is 0 Å². The minimum absolute atomic E-state index is 0.0709. The fourth-order valence-electron chi connectivity index (χ4n) is 4.41. The van der Waals surface area contributed by atoms with Gasteiger partial charge < -0.3 is 30.0 Å². The van der Waals surface area contributed by atoms with Crippen LogP contribution in [0.15, 0.2) is 48.5 Å². The SMILES string of the molecule is CSCCC(NC(=O)OCC1c2ccccc2-c2ccccc21)C(=O)OC(C)C(NC(=O)OC(C)(C)C)C(=O)O. The third kappa shape index (κ3) is 8.14. The second-order valence-electron chi connectivity index (χ2n) is 10.4. The quantitative estimate of drug-likeness (QED) is 0.261. The number of carboxylic acid groups (broad SMARTS) is 1. The van der Waals surface area contributed by atoms with Crippen molar-refractivity contribution < 1.29 is 38.5 Å². The summed E-state index contributed by atoms with van der Waals surface area (Å²) in [7, 11) is 0. The lowest BCUT2D eigenvalue weighted by atomic mass is 9.98. The first-order chi connectivity index (χ1) is 18.9. The van der Waals surface area contributed by atoms with Gasteiger partial charge in [-0.05, 0) is 68.4 Å². The standard InChI is InChI=1S/C29H36N2O8S/c1-17(24(25(32)33)31-28(36)39-29(2,3)4)38-26(34)23(14-15-40-5)30-27(35)37-16-22-20-12-8-6-10-18(20)19-11-7-9-13-21(19)22/h6-13,17,22-24H,14-16H2,1-5H3,(H,30,35)(H,31,36)(H,32,33). The number of hydrogen-bond acceptors (Lipinski definition) is 8. The number of hydrogen-bond donors (Lipinski definition) is 3. The lowest BCUT2D eigenvalue weighted by Crippen LogP contribution is -2.52. The van der Waals surface area contributed by atoms with Gasteiger partial charge in [0.25, 0.3) is 0 Å². The van der Waals surface area contributed by atoms with Gasteiger partial charge in [-0.25, -0.2) is 19.2 Å². The zero-order chi connectivity index (χ0) is 29.4. The molecule has 216 valence electrons. The molecule has 2 aromatic rings. The van der Waals surface area contributed by atoms with Crippen LogP contribution >= 0.6 is 11.8 Å². The van der Waals surface area contributed by atoms with Crippen molar-refractivity contribution in [3.05, 3.63) is 59.7 Å². The van der Waals surface area contributed by atoms with Gasteiger partial charge in [0.1, 0.15) is 24.4 Å². The predicted octanol–water partition coefficient (Wildman–Crippen LogP) is 4.56. The minimum atomic E-state index is -1.56. The molecule has 3 atom stereocenters. The maximum Gasteiger partial charge on any atom is 0.408 e. The molecule has 0 fully saturated rings. The number of carbonyl (C=O) groups is 4. The first-order valence-corrected chi connectivity index (χ1v) is 14.3. The summed E-state index contributed by atoms with van der Waals surface area (Å²) in [6.45, 7) is 6.32. The highest BCUT2D eigenvalue weighted by Gasteiger charge is 2.34. The van der Waals surface area contributed by atoms with Crippen molar-refractivity contribution in [2.45, 2.75) is 63.8 Å². The maximum absolute atomic E-state index is 13.0. The zero-order valence-corrected chi connectivity index (χ0v) is 24.1. The van der Waals surface area contributed by atoms with Gasteiger partial charge in [-0.15, -0.1) is 0 Å². The lowest BCUT2D eigenvalue weighted by molar-refractivity contribution is -0.156. The molecule has 0 saturated carbocycles. The van der Waals surface area contributed by atoms with E-state index in [-0.39, 0.29) is 18.9 Å². The molecule has 3 N–H and O–H groups in total. The number of fused-ring (bicyclic) bond motifs is 3. The summed E-state index contributed by atoms with van der Waals surface area (Å²) < 4.78 is 16.0. The number of carbonyl (C=O) groups excluding carboxylic acids is 3. The average molecular weight is 573 g/mol. The van der Waals surface area contributed by atoms with E-state index in [1.165, 1.54) is 18.7 Å². The first-order valence-electron chi connectivity index (χ1n) is 12.9. The van der Waals surface area contributed by atoms with E-state index >= 15 is 0 Å². The molecule has 2 amide bonds.